The van der Waals surface area contributed by atoms with Gasteiger partial charge in [0.15, 0.2) is 12.0 Å². The number of ether oxygens (including phenoxy) is 2. The van der Waals surface area contributed by atoms with Crippen LogP contribution in [0.3, 0.4) is 0 Å². The summed E-state index contributed by atoms with van der Waals surface area (Å²) < 4.78 is 18.1. The van der Waals surface area contributed by atoms with Crippen LogP contribution in [0, 0.1) is 6.92 Å². The molecule has 0 fully saturated rings. The third-order valence-corrected chi connectivity index (χ3v) is 5.70. The van der Waals surface area contributed by atoms with E-state index in [1.165, 1.54) is 0 Å². The molecule has 6 nitrogen and oxygen atoms in total. The number of thiophene rings is 1. The van der Waals surface area contributed by atoms with Gasteiger partial charge >= 0.3 is 5.97 Å². The Kier molecular flexibility index (Phi) is 6.92. The summed E-state index contributed by atoms with van der Waals surface area (Å²) in [4.78, 5) is 16.0. The molecule has 0 radical (unpaired) electrons. The Balaban J connectivity index is 1.71. The molecule has 2 aromatic heterocycles. The van der Waals surface area contributed by atoms with Crippen LogP contribution in [0.2, 0.25) is 0 Å². The van der Waals surface area contributed by atoms with Gasteiger partial charge in [0.2, 0.25) is 0 Å². The number of carbonyl (C=O) groups is 1. The van der Waals surface area contributed by atoms with Crippen LogP contribution in [0.1, 0.15) is 49.6 Å². The van der Waals surface area contributed by atoms with Gasteiger partial charge in [-0.15, -0.1) is 11.3 Å². The van der Waals surface area contributed by atoms with Gasteiger partial charge in [-0.3, -0.25) is 0 Å². The van der Waals surface area contributed by atoms with Crippen LogP contribution in [0.15, 0.2) is 28.0 Å². The van der Waals surface area contributed by atoms with Crippen molar-refractivity contribution in [2.24, 2.45) is 0 Å². The lowest BCUT2D eigenvalue weighted by atomic mass is 10.1. The monoisotopic (exact) mass is 417 g/mol. The predicted octanol–water partition coefficient (Wildman–Crippen LogP) is 4.97. The average Bonchev–Trinajstić information content (AvgIpc) is 3.30. The second-order valence-electron chi connectivity index (χ2n) is 7.18. The molecule has 0 amide bonds. The van der Waals surface area contributed by atoms with Crippen LogP contribution >= 0.6 is 11.3 Å². The number of rotatable bonds is 10. The topological polar surface area (TPSA) is 81.8 Å². The van der Waals surface area contributed by atoms with Crippen molar-refractivity contribution in [2.45, 2.75) is 52.6 Å². The molecule has 0 aliphatic heterocycles. The fourth-order valence-corrected chi connectivity index (χ4v) is 4.12. The number of aliphatic carboxylic acids is 1. The van der Waals surface area contributed by atoms with E-state index < -0.39 is 12.1 Å². The highest BCUT2D eigenvalue weighted by atomic mass is 32.1. The van der Waals surface area contributed by atoms with Crippen molar-refractivity contribution in [1.82, 2.24) is 4.98 Å². The first-order chi connectivity index (χ1) is 13.9. The molecule has 1 unspecified atom stereocenters. The van der Waals surface area contributed by atoms with Crippen LogP contribution in [-0.2, 0) is 22.4 Å². The predicted molar refractivity (Wildman–Crippen MR) is 113 cm³/mol. The van der Waals surface area contributed by atoms with E-state index in [2.05, 4.69) is 18.8 Å². The van der Waals surface area contributed by atoms with Crippen molar-refractivity contribution in [2.75, 3.05) is 13.2 Å². The molecule has 0 aliphatic carbocycles. The molecule has 0 saturated carbocycles. The first-order valence-electron chi connectivity index (χ1n) is 9.83. The van der Waals surface area contributed by atoms with Crippen LogP contribution in [-0.4, -0.2) is 35.4 Å². The maximum Gasteiger partial charge on any atom is 0.333 e. The minimum Gasteiger partial charge on any atom is -0.493 e. The molecule has 29 heavy (non-hydrogen) atoms. The molecule has 1 atom stereocenters. The molecule has 1 N–H and O–H groups in total. The van der Waals surface area contributed by atoms with Crippen molar-refractivity contribution in [3.63, 3.8) is 0 Å². The van der Waals surface area contributed by atoms with E-state index in [0.717, 1.165) is 38.7 Å². The van der Waals surface area contributed by atoms with E-state index in [9.17, 15) is 9.90 Å². The number of aryl methyl sites for hydroxylation is 1. The maximum atomic E-state index is 11.4. The number of benzene rings is 1. The summed E-state index contributed by atoms with van der Waals surface area (Å²) in [5, 5.41) is 12.4. The van der Waals surface area contributed by atoms with Gasteiger partial charge < -0.3 is 19.0 Å². The fourth-order valence-electron chi connectivity index (χ4n) is 3.19. The van der Waals surface area contributed by atoms with E-state index in [4.69, 9.17) is 13.9 Å². The Morgan fingerprint density at radius 1 is 1.31 bits per heavy atom. The molecule has 3 aromatic rings. The van der Waals surface area contributed by atoms with E-state index in [1.807, 2.05) is 30.5 Å². The van der Waals surface area contributed by atoms with Gasteiger partial charge in [0.25, 0.3) is 0 Å². The summed E-state index contributed by atoms with van der Waals surface area (Å²) >= 11 is 1.58. The minimum absolute atomic E-state index is 0.257. The molecule has 0 saturated heterocycles. The molecule has 0 aliphatic rings. The SMILES string of the molecule is CCOC(Cc1ccc(OCCc2nc(C(C)C)oc2C)c2ccsc12)C(=O)O. The summed E-state index contributed by atoms with van der Waals surface area (Å²) in [6, 6.07) is 5.85. The van der Waals surface area contributed by atoms with Gasteiger partial charge in [0.1, 0.15) is 11.5 Å². The average molecular weight is 418 g/mol. The number of aromatic nitrogens is 1. The summed E-state index contributed by atoms with van der Waals surface area (Å²) in [5.74, 6) is 1.69. The molecule has 1 aromatic carbocycles. The van der Waals surface area contributed by atoms with Crippen molar-refractivity contribution in [1.29, 1.82) is 0 Å². The lowest BCUT2D eigenvalue weighted by Gasteiger charge is -2.14. The van der Waals surface area contributed by atoms with E-state index >= 15 is 0 Å². The highest BCUT2D eigenvalue weighted by Gasteiger charge is 2.20. The standard InChI is InChI=1S/C22H27NO5S/c1-5-26-19(22(24)25)12-15-6-7-18(16-9-11-29-20(15)16)27-10-8-17-14(4)28-21(23-17)13(2)3/h6-7,9,11,13,19H,5,8,10,12H2,1-4H3,(H,24,25). The van der Waals surface area contributed by atoms with E-state index in [-0.39, 0.29) is 5.92 Å². The summed E-state index contributed by atoms with van der Waals surface area (Å²) in [6.07, 6.45) is 0.152. The Bertz CT molecular complexity index is 975. The molecule has 3 rings (SSSR count). The lowest BCUT2D eigenvalue weighted by molar-refractivity contribution is -0.149. The van der Waals surface area contributed by atoms with Crippen LogP contribution in [0.25, 0.3) is 10.1 Å². The number of hydrogen-bond acceptors (Lipinski definition) is 6. The second-order valence-corrected chi connectivity index (χ2v) is 8.10. The highest BCUT2D eigenvalue weighted by Crippen LogP contribution is 2.34. The first-order valence-corrected chi connectivity index (χ1v) is 10.7. The highest BCUT2D eigenvalue weighted by molar-refractivity contribution is 7.17. The number of oxazole rings is 1. The van der Waals surface area contributed by atoms with Crippen molar-refractivity contribution in [3.05, 3.63) is 46.5 Å². The zero-order chi connectivity index (χ0) is 21.0. The van der Waals surface area contributed by atoms with Crippen molar-refractivity contribution < 1.29 is 23.8 Å². The number of nitrogens with zero attached hydrogens (tertiary/aromatic N) is 1. The first kappa shape index (κ1) is 21.3. The molecule has 2 heterocycles. The molecule has 0 spiro atoms. The smallest absolute Gasteiger partial charge is 0.333 e. The van der Waals surface area contributed by atoms with Gasteiger partial charge in [-0.1, -0.05) is 19.9 Å². The number of fused-ring (bicyclic) bond motifs is 1. The maximum absolute atomic E-state index is 11.4. The number of carboxylic acid groups (broad SMARTS) is 1. The van der Waals surface area contributed by atoms with Crippen LogP contribution < -0.4 is 4.74 Å². The van der Waals surface area contributed by atoms with Gasteiger partial charge in [0, 0.05) is 35.5 Å². The van der Waals surface area contributed by atoms with Gasteiger partial charge in [-0.05, 0) is 36.9 Å². The van der Waals surface area contributed by atoms with Gasteiger partial charge in [-0.2, -0.15) is 0 Å². The second kappa shape index (κ2) is 9.41. The largest absolute Gasteiger partial charge is 0.493 e. The van der Waals surface area contributed by atoms with Crippen molar-refractivity contribution in [3.8, 4) is 5.75 Å². The van der Waals surface area contributed by atoms with E-state index in [0.29, 0.717) is 26.1 Å². The van der Waals surface area contributed by atoms with Gasteiger partial charge in [0.05, 0.1) is 12.3 Å². The molecule has 0 bridgehead atoms. The summed E-state index contributed by atoms with van der Waals surface area (Å²) in [7, 11) is 0. The number of hydrogen-bond donors (Lipinski definition) is 1. The number of carboxylic acids is 1. The Labute approximate surface area is 174 Å². The van der Waals surface area contributed by atoms with Crippen LogP contribution in [0.4, 0.5) is 0 Å². The normalized spacial score (nSPS) is 12.6. The summed E-state index contributed by atoms with van der Waals surface area (Å²) in [5.41, 5.74) is 1.88. The van der Waals surface area contributed by atoms with Crippen LogP contribution in [0.5, 0.6) is 5.75 Å². The zero-order valence-corrected chi connectivity index (χ0v) is 18.0. The Morgan fingerprint density at radius 2 is 2.10 bits per heavy atom. The zero-order valence-electron chi connectivity index (χ0n) is 17.2. The Hall–Kier alpha value is -2.38. The molecular formula is C22H27NO5S. The third-order valence-electron chi connectivity index (χ3n) is 4.71. The fraction of sp³-hybridized carbons (Fsp3) is 0.455. The molecule has 156 valence electrons. The minimum atomic E-state index is -0.944. The Morgan fingerprint density at radius 3 is 2.76 bits per heavy atom. The summed E-state index contributed by atoms with van der Waals surface area (Å²) in [6.45, 7) is 8.70. The quantitative estimate of drug-likeness (QED) is 0.501. The van der Waals surface area contributed by atoms with Crippen molar-refractivity contribution >= 4 is 27.4 Å². The van der Waals surface area contributed by atoms with Gasteiger partial charge in [-0.25, -0.2) is 9.78 Å². The molecule has 7 heteroatoms. The van der Waals surface area contributed by atoms with E-state index in [1.54, 1.807) is 18.3 Å². The lowest BCUT2D eigenvalue weighted by Crippen LogP contribution is -2.26. The third kappa shape index (κ3) is 4.97. The molecular weight excluding hydrogens is 390 g/mol.